The van der Waals surface area contributed by atoms with Crippen molar-refractivity contribution < 1.29 is 9.53 Å². The van der Waals surface area contributed by atoms with Crippen LogP contribution in [0.2, 0.25) is 0 Å². The standard InChI is InChI=1S/C18H27NO2/c1-17(2,3)16(20)19-13-18(11-7-8-12-18)14-9-5-6-10-15(14)21-4/h5-6,9-10H,7-8,11-13H2,1-4H3,(H,19,20). The predicted octanol–water partition coefficient (Wildman–Crippen LogP) is 3.67. The quantitative estimate of drug-likeness (QED) is 0.918. The van der Waals surface area contributed by atoms with Crippen LogP contribution in [-0.4, -0.2) is 19.6 Å². The molecule has 0 aliphatic heterocycles. The number of methoxy groups -OCH3 is 1. The van der Waals surface area contributed by atoms with Crippen LogP contribution in [0.3, 0.4) is 0 Å². The zero-order valence-corrected chi connectivity index (χ0v) is 13.7. The molecular weight excluding hydrogens is 262 g/mol. The normalized spacial score (nSPS) is 17.5. The summed E-state index contributed by atoms with van der Waals surface area (Å²) < 4.78 is 5.54. The number of ether oxygens (including phenoxy) is 1. The smallest absolute Gasteiger partial charge is 0.225 e. The van der Waals surface area contributed by atoms with Crippen molar-refractivity contribution in [3.8, 4) is 5.75 Å². The minimum atomic E-state index is -0.347. The van der Waals surface area contributed by atoms with Gasteiger partial charge < -0.3 is 10.1 Å². The molecule has 0 radical (unpaired) electrons. The van der Waals surface area contributed by atoms with Crippen LogP contribution in [0, 0.1) is 5.41 Å². The lowest BCUT2D eigenvalue weighted by molar-refractivity contribution is -0.128. The first-order chi connectivity index (χ1) is 9.89. The van der Waals surface area contributed by atoms with E-state index in [9.17, 15) is 4.79 Å². The van der Waals surface area contributed by atoms with Gasteiger partial charge in [-0.15, -0.1) is 0 Å². The fourth-order valence-corrected chi connectivity index (χ4v) is 3.19. The van der Waals surface area contributed by atoms with E-state index in [1.165, 1.54) is 18.4 Å². The van der Waals surface area contributed by atoms with E-state index in [1.807, 2.05) is 32.9 Å². The Labute approximate surface area is 128 Å². The predicted molar refractivity (Wildman–Crippen MR) is 85.6 cm³/mol. The van der Waals surface area contributed by atoms with E-state index in [0.29, 0.717) is 6.54 Å². The molecule has 1 aromatic rings. The maximum atomic E-state index is 12.2. The molecule has 1 N–H and O–H groups in total. The second-order valence-electron chi connectivity index (χ2n) is 7.12. The van der Waals surface area contributed by atoms with Gasteiger partial charge in [-0.3, -0.25) is 4.79 Å². The molecule has 2 rings (SSSR count). The largest absolute Gasteiger partial charge is 0.496 e. The van der Waals surface area contributed by atoms with Gasteiger partial charge in [-0.1, -0.05) is 51.8 Å². The molecule has 1 aliphatic carbocycles. The number of carbonyl (C=O) groups is 1. The average molecular weight is 289 g/mol. The zero-order chi connectivity index (χ0) is 15.5. The third-order valence-corrected chi connectivity index (χ3v) is 4.51. The summed E-state index contributed by atoms with van der Waals surface area (Å²) in [6.45, 7) is 6.55. The number of rotatable bonds is 4. The van der Waals surface area contributed by atoms with Crippen LogP contribution in [0.15, 0.2) is 24.3 Å². The summed E-state index contributed by atoms with van der Waals surface area (Å²) in [4.78, 5) is 12.2. The van der Waals surface area contributed by atoms with Crippen molar-refractivity contribution in [1.29, 1.82) is 0 Å². The van der Waals surface area contributed by atoms with Gasteiger partial charge in [0.15, 0.2) is 0 Å². The van der Waals surface area contributed by atoms with Crippen LogP contribution in [0.25, 0.3) is 0 Å². The lowest BCUT2D eigenvalue weighted by Gasteiger charge is -2.32. The maximum Gasteiger partial charge on any atom is 0.225 e. The molecule has 0 unspecified atom stereocenters. The molecule has 116 valence electrons. The highest BCUT2D eigenvalue weighted by Gasteiger charge is 2.38. The van der Waals surface area contributed by atoms with Crippen LogP contribution in [0.5, 0.6) is 5.75 Å². The first-order valence-corrected chi connectivity index (χ1v) is 7.81. The maximum absolute atomic E-state index is 12.2. The highest BCUT2D eigenvalue weighted by molar-refractivity contribution is 5.81. The van der Waals surface area contributed by atoms with Crippen LogP contribution in [0.1, 0.15) is 52.0 Å². The van der Waals surface area contributed by atoms with Crippen molar-refractivity contribution in [1.82, 2.24) is 5.32 Å². The van der Waals surface area contributed by atoms with E-state index in [1.54, 1.807) is 7.11 Å². The Morgan fingerprint density at radius 1 is 1.24 bits per heavy atom. The van der Waals surface area contributed by atoms with Crippen molar-refractivity contribution in [2.24, 2.45) is 5.41 Å². The molecule has 1 aliphatic rings. The van der Waals surface area contributed by atoms with Crippen molar-refractivity contribution in [3.05, 3.63) is 29.8 Å². The third kappa shape index (κ3) is 3.39. The Kier molecular flexibility index (Phi) is 4.60. The van der Waals surface area contributed by atoms with E-state index in [-0.39, 0.29) is 16.7 Å². The summed E-state index contributed by atoms with van der Waals surface area (Å²) in [5.74, 6) is 1.05. The topological polar surface area (TPSA) is 38.3 Å². The van der Waals surface area contributed by atoms with Gasteiger partial charge in [0.05, 0.1) is 7.11 Å². The van der Waals surface area contributed by atoms with Gasteiger partial charge in [0.2, 0.25) is 5.91 Å². The van der Waals surface area contributed by atoms with E-state index in [4.69, 9.17) is 4.74 Å². The number of para-hydroxylation sites is 1. The number of benzene rings is 1. The van der Waals surface area contributed by atoms with Crippen molar-refractivity contribution in [3.63, 3.8) is 0 Å². The Bertz CT molecular complexity index is 496. The Balaban J connectivity index is 2.23. The molecule has 1 aromatic carbocycles. The fourth-order valence-electron chi connectivity index (χ4n) is 3.19. The summed E-state index contributed by atoms with van der Waals surface area (Å²) in [6.07, 6.45) is 4.64. The zero-order valence-electron chi connectivity index (χ0n) is 13.7. The van der Waals surface area contributed by atoms with Crippen molar-refractivity contribution >= 4 is 5.91 Å². The molecule has 0 aromatic heterocycles. The summed E-state index contributed by atoms with van der Waals surface area (Å²) in [5.41, 5.74) is 0.910. The molecule has 0 atom stereocenters. The number of amides is 1. The molecule has 21 heavy (non-hydrogen) atoms. The van der Waals surface area contributed by atoms with Gasteiger partial charge in [-0.25, -0.2) is 0 Å². The van der Waals surface area contributed by atoms with Crippen molar-refractivity contribution in [2.75, 3.05) is 13.7 Å². The Morgan fingerprint density at radius 2 is 1.86 bits per heavy atom. The van der Waals surface area contributed by atoms with E-state index in [2.05, 4.69) is 17.4 Å². The molecule has 1 fully saturated rings. The fraction of sp³-hybridized carbons (Fsp3) is 0.611. The monoisotopic (exact) mass is 289 g/mol. The van der Waals surface area contributed by atoms with Gasteiger partial charge in [0, 0.05) is 22.9 Å². The second-order valence-corrected chi connectivity index (χ2v) is 7.12. The molecule has 0 saturated heterocycles. The second kappa shape index (κ2) is 6.08. The number of carbonyl (C=O) groups excluding carboxylic acids is 1. The number of nitrogens with one attached hydrogen (secondary N) is 1. The summed E-state index contributed by atoms with van der Waals surface area (Å²) >= 11 is 0. The van der Waals surface area contributed by atoms with E-state index >= 15 is 0 Å². The number of hydrogen-bond donors (Lipinski definition) is 1. The van der Waals surface area contributed by atoms with E-state index in [0.717, 1.165) is 18.6 Å². The minimum Gasteiger partial charge on any atom is -0.496 e. The summed E-state index contributed by atoms with van der Waals surface area (Å²) in [7, 11) is 1.72. The lowest BCUT2D eigenvalue weighted by Crippen LogP contribution is -2.43. The lowest BCUT2D eigenvalue weighted by atomic mass is 9.78. The highest BCUT2D eigenvalue weighted by Crippen LogP contribution is 2.44. The van der Waals surface area contributed by atoms with Gasteiger partial charge in [-0.2, -0.15) is 0 Å². The molecule has 1 amide bonds. The molecule has 0 bridgehead atoms. The Hall–Kier alpha value is -1.51. The van der Waals surface area contributed by atoms with Gasteiger partial charge in [0.25, 0.3) is 0 Å². The SMILES string of the molecule is COc1ccccc1C1(CNC(=O)C(C)(C)C)CCCC1. The van der Waals surface area contributed by atoms with Gasteiger partial charge in [-0.05, 0) is 18.9 Å². The summed E-state index contributed by atoms with van der Waals surface area (Å²) in [5, 5.41) is 3.16. The van der Waals surface area contributed by atoms with Crippen LogP contribution in [-0.2, 0) is 10.2 Å². The molecule has 1 saturated carbocycles. The molecule has 3 heteroatoms. The first-order valence-electron chi connectivity index (χ1n) is 7.81. The van der Waals surface area contributed by atoms with Crippen LogP contribution < -0.4 is 10.1 Å². The van der Waals surface area contributed by atoms with Gasteiger partial charge >= 0.3 is 0 Å². The minimum absolute atomic E-state index is 0.0213. The molecule has 0 spiro atoms. The van der Waals surface area contributed by atoms with Gasteiger partial charge in [0.1, 0.15) is 5.75 Å². The molecule has 0 heterocycles. The van der Waals surface area contributed by atoms with Crippen LogP contribution >= 0.6 is 0 Å². The molecular formula is C18H27NO2. The highest BCUT2D eigenvalue weighted by atomic mass is 16.5. The average Bonchev–Trinajstić information content (AvgIpc) is 2.93. The molecule has 3 nitrogen and oxygen atoms in total. The van der Waals surface area contributed by atoms with Crippen LogP contribution in [0.4, 0.5) is 0 Å². The number of hydrogen-bond acceptors (Lipinski definition) is 2. The third-order valence-electron chi connectivity index (χ3n) is 4.51. The first kappa shape index (κ1) is 15.9. The Morgan fingerprint density at radius 3 is 2.43 bits per heavy atom. The van der Waals surface area contributed by atoms with E-state index < -0.39 is 0 Å². The van der Waals surface area contributed by atoms with Crippen molar-refractivity contribution in [2.45, 2.75) is 51.9 Å². The summed E-state index contributed by atoms with van der Waals surface area (Å²) in [6, 6.07) is 8.22.